The van der Waals surface area contributed by atoms with Crippen molar-refractivity contribution in [3.05, 3.63) is 51.2 Å². The highest BCUT2D eigenvalue weighted by atomic mass is 79.9. The highest BCUT2D eigenvalue weighted by Crippen LogP contribution is 2.45. The fraction of sp³-hybridized carbons (Fsp3) is 0.250. The third-order valence-corrected chi connectivity index (χ3v) is 4.55. The molecule has 1 aromatic carbocycles. The number of anilines is 1. The Kier molecular flexibility index (Phi) is 3.54. The normalized spacial score (nSPS) is 20.5. The number of nitrogens with zero attached hydrogens (tertiary/aromatic N) is 2. The van der Waals surface area contributed by atoms with E-state index in [1.54, 1.807) is 17.0 Å². The number of carbonyl (C=O) groups is 1. The molecule has 0 radical (unpaired) electrons. The van der Waals surface area contributed by atoms with E-state index in [2.05, 4.69) is 20.9 Å². The summed E-state index contributed by atoms with van der Waals surface area (Å²) in [5, 5.41) is 0.644. The summed E-state index contributed by atoms with van der Waals surface area (Å²) in [6, 6.07) is 7.24. The highest BCUT2D eigenvalue weighted by Gasteiger charge is 2.46. The molecule has 1 aromatic rings. The van der Waals surface area contributed by atoms with Gasteiger partial charge in [0.25, 0.3) is 0 Å². The summed E-state index contributed by atoms with van der Waals surface area (Å²) in [4.78, 5) is 19.0. The predicted molar refractivity (Wildman–Crippen MR) is 89.9 cm³/mol. The van der Waals surface area contributed by atoms with Crippen molar-refractivity contribution in [2.24, 2.45) is 10.4 Å². The number of benzene rings is 1. The second-order valence-electron chi connectivity index (χ2n) is 5.59. The molecule has 0 aromatic heterocycles. The summed E-state index contributed by atoms with van der Waals surface area (Å²) in [5.74, 6) is 0.715. The van der Waals surface area contributed by atoms with Crippen LogP contribution in [0.3, 0.4) is 0 Å². The van der Waals surface area contributed by atoms with Gasteiger partial charge in [-0.15, -0.1) is 0 Å². The lowest BCUT2D eigenvalue weighted by Crippen LogP contribution is -2.33. The third-order valence-electron chi connectivity index (χ3n) is 3.75. The Bertz CT molecular complexity index is 701. The average molecular weight is 366 g/mol. The molecule has 0 saturated heterocycles. The predicted octanol–water partition coefficient (Wildman–Crippen LogP) is 4.68. The molecule has 21 heavy (non-hydrogen) atoms. The third kappa shape index (κ3) is 2.36. The van der Waals surface area contributed by atoms with Gasteiger partial charge in [0.05, 0.1) is 11.1 Å². The SMILES string of the molecule is CC1(C)C(=O)N(c2ccc(Cl)cc2)C2=C1C=C(Br)CC=N2. The van der Waals surface area contributed by atoms with Crippen LogP contribution in [0.5, 0.6) is 0 Å². The van der Waals surface area contributed by atoms with Gasteiger partial charge in [-0.3, -0.25) is 9.69 Å². The summed E-state index contributed by atoms with van der Waals surface area (Å²) in [5.41, 5.74) is 1.12. The minimum absolute atomic E-state index is 0.0189. The highest BCUT2D eigenvalue weighted by molar-refractivity contribution is 9.11. The Morgan fingerprint density at radius 3 is 2.62 bits per heavy atom. The lowest BCUT2D eigenvalue weighted by molar-refractivity contribution is -0.123. The van der Waals surface area contributed by atoms with Crippen molar-refractivity contribution in [3.63, 3.8) is 0 Å². The van der Waals surface area contributed by atoms with E-state index in [0.29, 0.717) is 10.8 Å². The van der Waals surface area contributed by atoms with Gasteiger partial charge in [0.15, 0.2) is 0 Å². The number of rotatable bonds is 1. The number of hydrogen-bond acceptors (Lipinski definition) is 2. The largest absolute Gasteiger partial charge is 0.273 e. The number of hydrogen-bond donors (Lipinski definition) is 0. The monoisotopic (exact) mass is 364 g/mol. The van der Waals surface area contributed by atoms with Gasteiger partial charge in [-0.2, -0.15) is 0 Å². The fourth-order valence-electron chi connectivity index (χ4n) is 2.53. The lowest BCUT2D eigenvalue weighted by Gasteiger charge is -2.22. The van der Waals surface area contributed by atoms with Crippen LogP contribution in [-0.4, -0.2) is 12.1 Å². The van der Waals surface area contributed by atoms with Crippen LogP contribution in [-0.2, 0) is 4.79 Å². The van der Waals surface area contributed by atoms with Crippen molar-refractivity contribution in [2.75, 3.05) is 4.90 Å². The van der Waals surface area contributed by atoms with Crippen LogP contribution < -0.4 is 4.90 Å². The molecule has 0 saturated carbocycles. The van der Waals surface area contributed by atoms with Crippen molar-refractivity contribution < 1.29 is 4.79 Å². The minimum Gasteiger partial charge on any atom is -0.273 e. The van der Waals surface area contributed by atoms with E-state index in [9.17, 15) is 4.79 Å². The summed E-state index contributed by atoms with van der Waals surface area (Å²) in [6.45, 7) is 3.86. The zero-order chi connectivity index (χ0) is 15.2. The van der Waals surface area contributed by atoms with E-state index in [-0.39, 0.29) is 5.91 Å². The van der Waals surface area contributed by atoms with Gasteiger partial charge in [0, 0.05) is 27.7 Å². The molecule has 3 nitrogen and oxygen atoms in total. The first-order valence-electron chi connectivity index (χ1n) is 6.65. The smallest absolute Gasteiger partial charge is 0.242 e. The first kappa shape index (κ1) is 14.5. The van der Waals surface area contributed by atoms with Gasteiger partial charge in [-0.25, -0.2) is 4.99 Å². The number of amides is 1. The van der Waals surface area contributed by atoms with E-state index < -0.39 is 5.41 Å². The molecule has 2 aliphatic rings. The molecule has 108 valence electrons. The Hall–Kier alpha value is -1.39. The van der Waals surface area contributed by atoms with Crippen molar-refractivity contribution >= 4 is 45.3 Å². The zero-order valence-corrected chi connectivity index (χ0v) is 14.1. The molecule has 2 aliphatic heterocycles. The Labute approximate surface area is 137 Å². The van der Waals surface area contributed by atoms with Crippen molar-refractivity contribution in [2.45, 2.75) is 20.3 Å². The average Bonchev–Trinajstić information content (AvgIpc) is 2.59. The molecule has 2 heterocycles. The van der Waals surface area contributed by atoms with E-state index in [1.807, 2.05) is 38.3 Å². The van der Waals surface area contributed by atoms with Gasteiger partial charge in [0.1, 0.15) is 5.82 Å². The molecule has 0 unspecified atom stereocenters. The molecular formula is C16H14BrClN2O. The second kappa shape index (κ2) is 5.11. The van der Waals surface area contributed by atoms with Gasteiger partial charge in [0.2, 0.25) is 5.91 Å². The van der Waals surface area contributed by atoms with Crippen LogP contribution in [0.4, 0.5) is 5.69 Å². The van der Waals surface area contributed by atoms with E-state index >= 15 is 0 Å². The first-order chi connectivity index (χ1) is 9.91. The molecule has 0 fully saturated rings. The number of aliphatic imine (C=N–C) groups is 1. The molecule has 3 rings (SSSR count). The molecule has 0 N–H and O–H groups in total. The molecule has 1 amide bonds. The molecular weight excluding hydrogens is 352 g/mol. The van der Waals surface area contributed by atoms with Gasteiger partial charge in [-0.1, -0.05) is 27.5 Å². The number of halogens is 2. The van der Waals surface area contributed by atoms with Gasteiger partial charge < -0.3 is 0 Å². The fourth-order valence-corrected chi connectivity index (χ4v) is 3.03. The lowest BCUT2D eigenvalue weighted by atomic mass is 9.85. The first-order valence-corrected chi connectivity index (χ1v) is 7.82. The second-order valence-corrected chi connectivity index (χ2v) is 7.04. The Morgan fingerprint density at radius 1 is 1.29 bits per heavy atom. The van der Waals surface area contributed by atoms with Crippen LogP contribution in [0.1, 0.15) is 20.3 Å². The topological polar surface area (TPSA) is 32.7 Å². The minimum atomic E-state index is -0.602. The molecule has 0 spiro atoms. The van der Waals surface area contributed by atoms with Gasteiger partial charge in [-0.05, 0) is 44.2 Å². The summed E-state index contributed by atoms with van der Waals surface area (Å²) < 4.78 is 1.02. The summed E-state index contributed by atoms with van der Waals surface area (Å²) in [7, 11) is 0. The number of carbonyl (C=O) groups excluding carboxylic acids is 1. The maximum atomic E-state index is 12.8. The van der Waals surface area contributed by atoms with Crippen molar-refractivity contribution in [1.82, 2.24) is 0 Å². The zero-order valence-electron chi connectivity index (χ0n) is 11.7. The van der Waals surface area contributed by atoms with Crippen LogP contribution >= 0.6 is 27.5 Å². The molecule has 0 atom stereocenters. The van der Waals surface area contributed by atoms with Crippen LogP contribution in [0.25, 0.3) is 0 Å². The quantitative estimate of drug-likeness (QED) is 0.711. The maximum absolute atomic E-state index is 12.8. The molecule has 5 heteroatoms. The van der Waals surface area contributed by atoms with Crippen molar-refractivity contribution in [1.29, 1.82) is 0 Å². The van der Waals surface area contributed by atoms with Crippen LogP contribution in [0, 0.1) is 5.41 Å². The maximum Gasteiger partial charge on any atom is 0.242 e. The van der Waals surface area contributed by atoms with Gasteiger partial charge >= 0.3 is 0 Å². The Morgan fingerprint density at radius 2 is 1.95 bits per heavy atom. The van der Waals surface area contributed by atoms with E-state index in [4.69, 9.17) is 11.6 Å². The summed E-state index contributed by atoms with van der Waals surface area (Å²) >= 11 is 9.45. The standard InChI is InChI=1S/C16H14BrClN2O/c1-16(2)13-9-10(17)7-8-19-14(13)20(15(16)21)12-5-3-11(18)4-6-12/h3-6,8-9H,7H2,1-2H3. The van der Waals surface area contributed by atoms with Crippen LogP contribution in [0.15, 0.2) is 51.2 Å². The van der Waals surface area contributed by atoms with Crippen LogP contribution in [0.2, 0.25) is 5.02 Å². The van der Waals surface area contributed by atoms with E-state index in [1.165, 1.54) is 0 Å². The number of allylic oxidation sites excluding steroid dienone is 2. The molecule has 0 aliphatic carbocycles. The van der Waals surface area contributed by atoms with Crippen molar-refractivity contribution in [3.8, 4) is 0 Å². The molecule has 0 bridgehead atoms. The Balaban J connectivity index is 2.17. The van der Waals surface area contributed by atoms with E-state index in [0.717, 1.165) is 22.2 Å². The summed E-state index contributed by atoms with van der Waals surface area (Å²) in [6.07, 6.45) is 4.56.